The highest BCUT2D eigenvalue weighted by molar-refractivity contribution is 5.80. The molecule has 1 amide bonds. The van der Waals surface area contributed by atoms with Crippen molar-refractivity contribution < 1.29 is 37.7 Å². The SMILES string of the molecule is CC(C)(C)OC(=O)N1CC[C@](O)(C(F)(F)F)C[C@H]1C(=O)O. The van der Waals surface area contributed by atoms with Crippen LogP contribution in [-0.2, 0) is 9.53 Å². The van der Waals surface area contributed by atoms with Crippen LogP contribution >= 0.6 is 0 Å². The van der Waals surface area contributed by atoms with E-state index in [-0.39, 0.29) is 0 Å². The maximum atomic E-state index is 12.8. The van der Waals surface area contributed by atoms with Gasteiger partial charge in [-0.3, -0.25) is 4.90 Å². The Kier molecular flexibility index (Phi) is 4.48. The number of alkyl halides is 3. The third kappa shape index (κ3) is 3.99. The van der Waals surface area contributed by atoms with Crippen LogP contribution in [0.2, 0.25) is 0 Å². The summed E-state index contributed by atoms with van der Waals surface area (Å²) >= 11 is 0. The highest BCUT2D eigenvalue weighted by atomic mass is 19.4. The van der Waals surface area contributed by atoms with Gasteiger partial charge in [0.05, 0.1) is 0 Å². The zero-order valence-corrected chi connectivity index (χ0v) is 11.9. The summed E-state index contributed by atoms with van der Waals surface area (Å²) in [5.41, 5.74) is -4.02. The molecule has 0 aliphatic carbocycles. The second kappa shape index (κ2) is 5.36. The Labute approximate surface area is 119 Å². The van der Waals surface area contributed by atoms with Crippen molar-refractivity contribution in [2.45, 2.75) is 57.0 Å². The van der Waals surface area contributed by atoms with Crippen molar-refractivity contribution in [3.05, 3.63) is 0 Å². The molecule has 2 atom stereocenters. The predicted molar refractivity (Wildman–Crippen MR) is 64.6 cm³/mol. The highest BCUT2D eigenvalue weighted by Crippen LogP contribution is 2.40. The lowest BCUT2D eigenvalue weighted by molar-refractivity contribution is -0.276. The van der Waals surface area contributed by atoms with Crippen LogP contribution in [0.1, 0.15) is 33.6 Å². The standard InChI is InChI=1S/C12H18F3NO5/c1-10(2,3)21-9(19)16-5-4-11(20,12(13,14)15)6-7(16)8(17)18/h7,20H,4-6H2,1-3H3,(H,17,18)/t7-,11+/m0/s1. The summed E-state index contributed by atoms with van der Waals surface area (Å²) in [6, 6.07) is -1.79. The van der Waals surface area contributed by atoms with Gasteiger partial charge in [-0.2, -0.15) is 13.2 Å². The van der Waals surface area contributed by atoms with Crippen LogP contribution in [0.15, 0.2) is 0 Å². The molecule has 0 bridgehead atoms. The number of rotatable bonds is 1. The molecule has 122 valence electrons. The molecule has 0 aromatic heterocycles. The minimum atomic E-state index is -4.96. The van der Waals surface area contributed by atoms with Crippen molar-refractivity contribution >= 4 is 12.1 Å². The molecule has 6 nitrogen and oxygen atoms in total. The van der Waals surface area contributed by atoms with Crippen molar-refractivity contribution in [2.24, 2.45) is 0 Å². The first-order chi connectivity index (χ1) is 9.27. The predicted octanol–water partition coefficient (Wildman–Crippen LogP) is 1.76. The number of likely N-dealkylation sites (tertiary alicyclic amines) is 1. The van der Waals surface area contributed by atoms with Gasteiger partial charge < -0.3 is 14.9 Å². The lowest BCUT2D eigenvalue weighted by Crippen LogP contribution is -2.61. The molecule has 1 heterocycles. The van der Waals surface area contributed by atoms with Crippen molar-refractivity contribution in [3.8, 4) is 0 Å². The number of carboxylic acids is 1. The van der Waals surface area contributed by atoms with Gasteiger partial charge in [0.25, 0.3) is 0 Å². The number of halogens is 3. The fourth-order valence-corrected chi connectivity index (χ4v) is 2.01. The number of aliphatic carboxylic acids is 1. The average Bonchev–Trinajstić information content (AvgIpc) is 2.24. The minimum absolute atomic E-state index is 0.554. The molecule has 0 spiro atoms. The molecular formula is C12H18F3NO5. The Bertz CT molecular complexity index is 432. The molecule has 1 saturated heterocycles. The summed E-state index contributed by atoms with van der Waals surface area (Å²) in [5.74, 6) is -1.62. The molecule has 1 rings (SSSR count). The lowest BCUT2D eigenvalue weighted by atomic mass is 9.86. The van der Waals surface area contributed by atoms with Gasteiger partial charge in [0, 0.05) is 19.4 Å². The number of aliphatic hydroxyl groups is 1. The summed E-state index contributed by atoms with van der Waals surface area (Å²) in [5, 5.41) is 18.6. The number of carboxylic acid groups (broad SMARTS) is 1. The number of amides is 1. The monoisotopic (exact) mass is 313 g/mol. The largest absolute Gasteiger partial charge is 0.480 e. The molecule has 0 aromatic carbocycles. The van der Waals surface area contributed by atoms with Gasteiger partial charge in [0.1, 0.15) is 11.6 Å². The maximum Gasteiger partial charge on any atom is 0.417 e. The van der Waals surface area contributed by atoms with Gasteiger partial charge in [0.2, 0.25) is 0 Å². The van der Waals surface area contributed by atoms with Gasteiger partial charge in [-0.15, -0.1) is 0 Å². The molecule has 0 saturated carbocycles. The van der Waals surface area contributed by atoms with E-state index < -0.39 is 54.9 Å². The fourth-order valence-electron chi connectivity index (χ4n) is 2.01. The first-order valence-electron chi connectivity index (χ1n) is 6.28. The maximum absolute atomic E-state index is 12.8. The number of carbonyl (C=O) groups excluding carboxylic acids is 1. The van der Waals surface area contributed by atoms with E-state index in [2.05, 4.69) is 0 Å². The number of ether oxygens (including phenoxy) is 1. The molecule has 0 aromatic rings. The van der Waals surface area contributed by atoms with Crippen LogP contribution in [-0.4, -0.2) is 57.1 Å². The Morgan fingerprint density at radius 3 is 2.19 bits per heavy atom. The first-order valence-corrected chi connectivity index (χ1v) is 6.28. The topological polar surface area (TPSA) is 87.1 Å². The summed E-state index contributed by atoms with van der Waals surface area (Å²) in [6.07, 6.45) is -7.88. The van der Waals surface area contributed by atoms with E-state index in [0.29, 0.717) is 4.90 Å². The van der Waals surface area contributed by atoms with Gasteiger partial charge in [0.15, 0.2) is 5.60 Å². The number of piperidine rings is 1. The third-order valence-corrected chi connectivity index (χ3v) is 3.11. The van der Waals surface area contributed by atoms with Crippen molar-refractivity contribution in [1.82, 2.24) is 4.90 Å². The zero-order chi connectivity index (χ0) is 16.6. The molecular weight excluding hydrogens is 295 g/mol. The van der Waals surface area contributed by atoms with Crippen molar-refractivity contribution in [1.29, 1.82) is 0 Å². The molecule has 21 heavy (non-hydrogen) atoms. The summed E-state index contributed by atoms with van der Waals surface area (Å²) < 4.78 is 43.3. The first kappa shape index (κ1) is 17.5. The second-order valence-corrected chi connectivity index (χ2v) is 6.01. The Balaban J connectivity index is 2.96. The Hall–Kier alpha value is -1.51. The normalized spacial score (nSPS) is 27.4. The quantitative estimate of drug-likeness (QED) is 0.770. The van der Waals surface area contributed by atoms with Gasteiger partial charge in [-0.25, -0.2) is 9.59 Å². The smallest absolute Gasteiger partial charge is 0.417 e. The number of hydrogen-bond donors (Lipinski definition) is 2. The number of carbonyl (C=O) groups is 2. The van der Waals surface area contributed by atoms with Crippen LogP contribution in [0.4, 0.5) is 18.0 Å². The van der Waals surface area contributed by atoms with Gasteiger partial charge in [-0.1, -0.05) is 0 Å². The van der Waals surface area contributed by atoms with E-state index in [1.165, 1.54) is 0 Å². The third-order valence-electron chi connectivity index (χ3n) is 3.11. The highest BCUT2D eigenvalue weighted by Gasteiger charge is 2.59. The van der Waals surface area contributed by atoms with E-state index in [4.69, 9.17) is 9.84 Å². The summed E-state index contributed by atoms with van der Waals surface area (Å²) in [6.45, 7) is 4.10. The minimum Gasteiger partial charge on any atom is -0.480 e. The van der Waals surface area contributed by atoms with Gasteiger partial charge >= 0.3 is 18.2 Å². The number of nitrogens with zero attached hydrogens (tertiary/aromatic N) is 1. The molecule has 2 N–H and O–H groups in total. The van der Waals surface area contributed by atoms with E-state index in [0.717, 1.165) is 0 Å². The van der Waals surface area contributed by atoms with Crippen molar-refractivity contribution in [2.75, 3.05) is 6.54 Å². The fraction of sp³-hybridized carbons (Fsp3) is 0.833. The molecule has 1 aliphatic heterocycles. The number of hydrogen-bond acceptors (Lipinski definition) is 4. The van der Waals surface area contributed by atoms with Crippen LogP contribution < -0.4 is 0 Å². The second-order valence-electron chi connectivity index (χ2n) is 6.01. The molecule has 0 radical (unpaired) electrons. The molecule has 1 fully saturated rings. The van der Waals surface area contributed by atoms with Crippen LogP contribution in [0, 0.1) is 0 Å². The summed E-state index contributed by atoms with van der Waals surface area (Å²) in [7, 11) is 0. The van der Waals surface area contributed by atoms with Crippen molar-refractivity contribution in [3.63, 3.8) is 0 Å². The zero-order valence-electron chi connectivity index (χ0n) is 11.9. The Morgan fingerprint density at radius 2 is 1.81 bits per heavy atom. The van der Waals surface area contributed by atoms with E-state index in [9.17, 15) is 27.9 Å². The molecule has 9 heteroatoms. The molecule has 1 aliphatic rings. The lowest BCUT2D eigenvalue weighted by Gasteiger charge is -2.42. The van der Waals surface area contributed by atoms with Gasteiger partial charge in [-0.05, 0) is 20.8 Å². The van der Waals surface area contributed by atoms with E-state index in [1.54, 1.807) is 20.8 Å². The molecule has 0 unspecified atom stereocenters. The summed E-state index contributed by atoms with van der Waals surface area (Å²) in [4.78, 5) is 23.7. The van der Waals surface area contributed by atoms with E-state index in [1.807, 2.05) is 0 Å². The van der Waals surface area contributed by atoms with E-state index >= 15 is 0 Å². The Morgan fingerprint density at radius 1 is 1.29 bits per heavy atom. The van der Waals surface area contributed by atoms with Crippen LogP contribution in [0.5, 0.6) is 0 Å². The van der Waals surface area contributed by atoms with Crippen LogP contribution in [0.3, 0.4) is 0 Å². The van der Waals surface area contributed by atoms with Crippen LogP contribution in [0.25, 0.3) is 0 Å². The average molecular weight is 313 g/mol.